The van der Waals surface area contributed by atoms with E-state index in [0.717, 1.165) is 5.57 Å². The number of nitrogens with zero attached hydrogens (tertiary/aromatic N) is 3. The van der Waals surface area contributed by atoms with E-state index < -0.39 is 14.9 Å². The molecule has 0 aliphatic heterocycles. The first-order valence-electron chi connectivity index (χ1n) is 5.48. The molecule has 0 saturated heterocycles. The predicted molar refractivity (Wildman–Crippen MR) is 64.3 cm³/mol. The van der Waals surface area contributed by atoms with Gasteiger partial charge in [0.05, 0.1) is 0 Å². The molecule has 1 atom stereocenters. The Morgan fingerprint density at radius 2 is 2.33 bits per heavy atom. The fraction of sp³-hybridized carbons (Fsp3) is 0.500. The molecular formula is C10H14N4O3S. The second-order valence-electron chi connectivity index (χ2n) is 4.35. The Morgan fingerprint density at radius 3 is 2.83 bits per heavy atom. The van der Waals surface area contributed by atoms with Crippen LogP contribution in [0.3, 0.4) is 0 Å². The van der Waals surface area contributed by atoms with Gasteiger partial charge in [-0.3, -0.25) is 4.55 Å². The highest BCUT2D eigenvalue weighted by atomic mass is 32.2. The van der Waals surface area contributed by atoms with Crippen LogP contribution in [0.2, 0.25) is 0 Å². The summed E-state index contributed by atoms with van der Waals surface area (Å²) in [6.45, 7) is 1.88. The van der Waals surface area contributed by atoms with Crippen LogP contribution < -0.4 is 0 Å². The van der Waals surface area contributed by atoms with E-state index in [2.05, 4.69) is 20.6 Å². The summed E-state index contributed by atoms with van der Waals surface area (Å²) in [5, 5.41) is 13.2. The van der Waals surface area contributed by atoms with Crippen molar-refractivity contribution >= 4 is 10.1 Å². The summed E-state index contributed by atoms with van der Waals surface area (Å²) in [4.78, 5) is 0. The van der Waals surface area contributed by atoms with Gasteiger partial charge in [0.2, 0.25) is 0 Å². The van der Waals surface area contributed by atoms with Gasteiger partial charge in [-0.05, 0) is 19.8 Å². The average Bonchev–Trinajstić information content (AvgIpc) is 2.80. The largest absolute Gasteiger partial charge is 0.285 e. The third-order valence-electron chi connectivity index (χ3n) is 3.09. The van der Waals surface area contributed by atoms with Crippen LogP contribution in [0.15, 0.2) is 23.8 Å². The van der Waals surface area contributed by atoms with Crippen molar-refractivity contribution in [1.29, 1.82) is 0 Å². The highest BCUT2D eigenvalue weighted by molar-refractivity contribution is 7.87. The number of rotatable bonds is 4. The third-order valence-corrected chi connectivity index (χ3v) is 4.63. The molecule has 1 heterocycles. The lowest BCUT2D eigenvalue weighted by Gasteiger charge is -2.28. The summed E-state index contributed by atoms with van der Waals surface area (Å²) < 4.78 is 31.3. The second-order valence-corrected chi connectivity index (χ2v) is 6.12. The molecule has 0 aromatic carbocycles. The number of aromatic amines is 1. The van der Waals surface area contributed by atoms with Gasteiger partial charge in [0.25, 0.3) is 10.1 Å². The minimum atomic E-state index is -4.18. The highest BCUT2D eigenvalue weighted by Crippen LogP contribution is 2.32. The van der Waals surface area contributed by atoms with Gasteiger partial charge in [-0.1, -0.05) is 29.0 Å². The van der Waals surface area contributed by atoms with Crippen LogP contribution in [0.4, 0.5) is 0 Å². The zero-order chi connectivity index (χ0) is 13.2. The molecular weight excluding hydrogens is 256 g/mol. The summed E-state index contributed by atoms with van der Waals surface area (Å²) in [6.07, 6.45) is 5.83. The highest BCUT2D eigenvalue weighted by Gasteiger charge is 2.40. The summed E-state index contributed by atoms with van der Waals surface area (Å²) in [6, 6.07) is 0. The topological polar surface area (TPSA) is 109 Å². The Morgan fingerprint density at radius 1 is 1.56 bits per heavy atom. The quantitative estimate of drug-likeness (QED) is 0.778. The molecule has 7 nitrogen and oxygen atoms in total. The Balaban J connectivity index is 2.20. The van der Waals surface area contributed by atoms with Gasteiger partial charge in [0.1, 0.15) is 4.75 Å². The smallest absolute Gasteiger partial charge is 0.274 e. The number of allylic oxidation sites excluding steroid dienone is 3. The van der Waals surface area contributed by atoms with E-state index in [0.29, 0.717) is 12.2 Å². The number of aryl methyl sites for hydroxylation is 1. The zero-order valence-corrected chi connectivity index (χ0v) is 10.7. The standard InChI is InChI=1S/C10H14N4O3S/c1-8-2-5-10(6-3-8,18(15,16)17)7-4-9-11-13-14-12-9/h2-3,5H,4,6-7H2,1H3,(H,15,16,17)(H,11,12,13,14). The van der Waals surface area contributed by atoms with E-state index in [1.807, 2.05) is 6.92 Å². The van der Waals surface area contributed by atoms with Crippen molar-refractivity contribution in [3.63, 3.8) is 0 Å². The van der Waals surface area contributed by atoms with Crippen molar-refractivity contribution in [2.24, 2.45) is 0 Å². The first kappa shape index (κ1) is 12.9. The predicted octanol–water partition coefficient (Wildman–Crippen LogP) is 0.665. The molecule has 8 heteroatoms. The van der Waals surface area contributed by atoms with Crippen LogP contribution in [-0.2, 0) is 16.5 Å². The fourth-order valence-corrected chi connectivity index (χ4v) is 2.76. The van der Waals surface area contributed by atoms with Crippen molar-refractivity contribution in [3.05, 3.63) is 29.6 Å². The van der Waals surface area contributed by atoms with Gasteiger partial charge < -0.3 is 0 Å². The molecule has 98 valence electrons. The molecule has 1 aliphatic rings. The lowest BCUT2D eigenvalue weighted by Crippen LogP contribution is -2.37. The van der Waals surface area contributed by atoms with Gasteiger partial charge >= 0.3 is 0 Å². The average molecular weight is 270 g/mol. The summed E-state index contributed by atoms with van der Waals surface area (Å²) >= 11 is 0. The Labute approximate surface area is 105 Å². The maximum Gasteiger partial charge on any atom is 0.274 e. The minimum absolute atomic E-state index is 0.214. The van der Waals surface area contributed by atoms with E-state index in [-0.39, 0.29) is 12.8 Å². The molecule has 0 amide bonds. The molecule has 2 N–H and O–H groups in total. The normalized spacial score (nSPS) is 24.0. The van der Waals surface area contributed by atoms with Crippen LogP contribution in [0, 0.1) is 0 Å². The second kappa shape index (κ2) is 4.62. The summed E-state index contributed by atoms with van der Waals surface area (Å²) in [5.41, 5.74) is 0.980. The number of nitrogens with one attached hydrogen (secondary N) is 1. The van der Waals surface area contributed by atoms with E-state index in [1.54, 1.807) is 12.2 Å². The molecule has 18 heavy (non-hydrogen) atoms. The van der Waals surface area contributed by atoms with Crippen molar-refractivity contribution < 1.29 is 13.0 Å². The Bertz CT molecular complexity index is 576. The number of H-pyrrole nitrogens is 1. The van der Waals surface area contributed by atoms with Crippen molar-refractivity contribution in [2.45, 2.75) is 30.9 Å². The molecule has 0 radical (unpaired) electrons. The molecule has 0 spiro atoms. The maximum atomic E-state index is 11.6. The maximum absolute atomic E-state index is 11.6. The molecule has 0 fully saturated rings. The number of tetrazole rings is 1. The molecule has 1 aromatic rings. The first-order chi connectivity index (χ1) is 8.43. The molecule has 1 aromatic heterocycles. The lowest BCUT2D eigenvalue weighted by atomic mass is 9.92. The van der Waals surface area contributed by atoms with Crippen molar-refractivity contribution in [3.8, 4) is 0 Å². The zero-order valence-electron chi connectivity index (χ0n) is 9.87. The molecule has 2 rings (SSSR count). The van der Waals surface area contributed by atoms with Gasteiger partial charge in [-0.2, -0.15) is 13.6 Å². The van der Waals surface area contributed by atoms with Crippen LogP contribution in [0.25, 0.3) is 0 Å². The SMILES string of the molecule is CC1=CCC(CCc2nn[nH]n2)(S(=O)(=O)O)C=C1. The monoisotopic (exact) mass is 270 g/mol. The van der Waals surface area contributed by atoms with Crippen LogP contribution >= 0.6 is 0 Å². The Hall–Kier alpha value is -1.54. The van der Waals surface area contributed by atoms with Crippen molar-refractivity contribution in [1.82, 2.24) is 20.6 Å². The lowest BCUT2D eigenvalue weighted by molar-refractivity contribution is 0.434. The van der Waals surface area contributed by atoms with E-state index in [9.17, 15) is 13.0 Å². The van der Waals surface area contributed by atoms with E-state index in [4.69, 9.17) is 0 Å². The molecule has 0 bridgehead atoms. The number of hydrogen-bond acceptors (Lipinski definition) is 5. The van der Waals surface area contributed by atoms with Crippen molar-refractivity contribution in [2.75, 3.05) is 0 Å². The van der Waals surface area contributed by atoms with Gasteiger partial charge in [-0.15, -0.1) is 10.2 Å². The summed E-state index contributed by atoms with van der Waals surface area (Å²) in [5.74, 6) is 0.428. The van der Waals surface area contributed by atoms with E-state index >= 15 is 0 Å². The minimum Gasteiger partial charge on any atom is -0.285 e. The molecule has 0 saturated carbocycles. The van der Waals surface area contributed by atoms with Gasteiger partial charge in [-0.25, -0.2) is 0 Å². The van der Waals surface area contributed by atoms with Crippen LogP contribution in [0.1, 0.15) is 25.6 Å². The summed E-state index contributed by atoms with van der Waals surface area (Å²) in [7, 11) is -4.18. The van der Waals surface area contributed by atoms with Crippen LogP contribution in [-0.4, -0.2) is 38.3 Å². The van der Waals surface area contributed by atoms with Crippen LogP contribution in [0.5, 0.6) is 0 Å². The first-order valence-corrected chi connectivity index (χ1v) is 6.92. The fourth-order valence-electron chi connectivity index (χ4n) is 1.87. The number of hydrogen-bond donors (Lipinski definition) is 2. The third kappa shape index (κ3) is 2.49. The van der Waals surface area contributed by atoms with Gasteiger partial charge in [0.15, 0.2) is 5.82 Å². The molecule has 1 aliphatic carbocycles. The molecule has 1 unspecified atom stereocenters. The van der Waals surface area contributed by atoms with E-state index in [1.165, 1.54) is 6.08 Å². The number of aromatic nitrogens is 4. The van der Waals surface area contributed by atoms with Gasteiger partial charge in [0, 0.05) is 6.42 Å². The Kier molecular flexibility index (Phi) is 3.31.